The van der Waals surface area contributed by atoms with Crippen LogP contribution < -0.4 is 9.80 Å². The first-order valence-corrected chi connectivity index (χ1v) is 11.7. The number of benzene rings is 2. The van der Waals surface area contributed by atoms with Crippen molar-refractivity contribution in [3.05, 3.63) is 60.6 Å². The van der Waals surface area contributed by atoms with Crippen LogP contribution in [0.3, 0.4) is 0 Å². The van der Waals surface area contributed by atoms with Crippen molar-refractivity contribution in [1.29, 1.82) is 0 Å². The zero-order valence-corrected chi connectivity index (χ0v) is 19.6. The minimum Gasteiger partial charge on any atom is -0.508 e. The van der Waals surface area contributed by atoms with E-state index < -0.39 is 5.97 Å². The number of piperazine rings is 1. The molecule has 1 fully saturated rings. The van der Waals surface area contributed by atoms with E-state index in [-0.39, 0.29) is 12.3 Å². The van der Waals surface area contributed by atoms with Gasteiger partial charge in [-0.25, -0.2) is 9.67 Å². The minimum absolute atomic E-state index is 0.242. The molecular formula is C25H24N8O3. The lowest BCUT2D eigenvalue weighted by molar-refractivity contribution is -0.137. The van der Waals surface area contributed by atoms with E-state index in [0.29, 0.717) is 36.0 Å². The summed E-state index contributed by atoms with van der Waals surface area (Å²) in [7, 11) is 0. The van der Waals surface area contributed by atoms with Crippen LogP contribution in [0.1, 0.15) is 5.56 Å². The van der Waals surface area contributed by atoms with Crippen molar-refractivity contribution < 1.29 is 15.0 Å². The zero-order chi connectivity index (χ0) is 24.8. The number of hydrogen-bond donors (Lipinski definition) is 2. The first-order chi connectivity index (χ1) is 17.5. The van der Waals surface area contributed by atoms with E-state index in [4.69, 9.17) is 9.97 Å². The number of carbonyl (C=O) groups is 1. The summed E-state index contributed by atoms with van der Waals surface area (Å²) in [6.45, 7) is 4.64. The highest BCUT2D eigenvalue weighted by Crippen LogP contribution is 2.27. The summed E-state index contributed by atoms with van der Waals surface area (Å²) in [6, 6.07) is 13.2. The molecule has 0 radical (unpaired) electrons. The van der Waals surface area contributed by atoms with Crippen LogP contribution in [0.4, 0.5) is 11.6 Å². The van der Waals surface area contributed by atoms with Crippen molar-refractivity contribution >= 4 is 39.7 Å². The highest BCUT2D eigenvalue weighted by atomic mass is 16.4. The summed E-state index contributed by atoms with van der Waals surface area (Å²) in [5.74, 6) is 0.289. The summed E-state index contributed by atoms with van der Waals surface area (Å²) in [5.41, 5.74) is 3.99. The van der Waals surface area contributed by atoms with E-state index in [2.05, 4.69) is 19.9 Å². The first kappa shape index (κ1) is 21.8. The van der Waals surface area contributed by atoms with Crippen LogP contribution in [0.15, 0.2) is 55.0 Å². The Balaban J connectivity index is 1.41. The van der Waals surface area contributed by atoms with Crippen LogP contribution in [0, 0.1) is 6.92 Å². The fourth-order valence-electron chi connectivity index (χ4n) is 4.66. The molecule has 4 heterocycles. The number of carboxylic acids is 1. The van der Waals surface area contributed by atoms with Crippen molar-refractivity contribution in [2.24, 2.45) is 0 Å². The van der Waals surface area contributed by atoms with E-state index in [9.17, 15) is 15.0 Å². The number of rotatable bonds is 5. The molecule has 1 aliphatic heterocycles. The predicted molar refractivity (Wildman–Crippen MR) is 135 cm³/mol. The molecule has 0 aliphatic carbocycles. The van der Waals surface area contributed by atoms with Gasteiger partial charge in [-0.1, -0.05) is 12.1 Å². The maximum Gasteiger partial charge on any atom is 0.323 e. The lowest BCUT2D eigenvalue weighted by Gasteiger charge is -2.36. The first-order valence-electron chi connectivity index (χ1n) is 11.7. The number of phenols is 1. The maximum atomic E-state index is 11.5. The quantitative estimate of drug-likeness (QED) is 0.387. The minimum atomic E-state index is -0.973. The van der Waals surface area contributed by atoms with Crippen molar-refractivity contribution in [3.63, 3.8) is 0 Å². The lowest BCUT2D eigenvalue weighted by atomic mass is 10.1. The molecule has 1 saturated heterocycles. The van der Waals surface area contributed by atoms with Crippen LogP contribution in [0.2, 0.25) is 0 Å². The Morgan fingerprint density at radius 2 is 1.75 bits per heavy atom. The summed E-state index contributed by atoms with van der Waals surface area (Å²) in [5, 5.41) is 24.6. The molecule has 11 heteroatoms. The summed E-state index contributed by atoms with van der Waals surface area (Å²) in [6.07, 6.45) is 3.30. The number of aryl methyl sites for hydroxylation is 1. The van der Waals surface area contributed by atoms with E-state index >= 15 is 0 Å². The van der Waals surface area contributed by atoms with Gasteiger partial charge in [0.25, 0.3) is 0 Å². The van der Waals surface area contributed by atoms with Gasteiger partial charge in [0.1, 0.15) is 12.3 Å². The number of hydrogen-bond acceptors (Lipinski definition) is 8. The molecule has 11 nitrogen and oxygen atoms in total. The molecule has 0 spiro atoms. The second kappa shape index (κ2) is 8.52. The van der Waals surface area contributed by atoms with Crippen LogP contribution >= 0.6 is 0 Å². The molecule has 182 valence electrons. The van der Waals surface area contributed by atoms with Crippen molar-refractivity contribution in [2.45, 2.75) is 13.5 Å². The number of imidazole rings is 1. The van der Waals surface area contributed by atoms with E-state index in [1.165, 1.54) is 10.9 Å². The van der Waals surface area contributed by atoms with Crippen LogP contribution in [0.5, 0.6) is 5.75 Å². The maximum absolute atomic E-state index is 11.5. The molecule has 0 unspecified atom stereocenters. The molecule has 6 rings (SSSR count). The predicted octanol–water partition coefficient (Wildman–Crippen LogP) is 2.59. The monoisotopic (exact) mass is 484 g/mol. The largest absolute Gasteiger partial charge is 0.508 e. The van der Waals surface area contributed by atoms with Gasteiger partial charge in [-0.05, 0) is 42.8 Å². The fourth-order valence-corrected chi connectivity index (χ4v) is 4.66. The number of aromatic nitrogens is 6. The Bertz CT molecular complexity index is 1580. The van der Waals surface area contributed by atoms with Crippen LogP contribution in [0.25, 0.3) is 27.9 Å². The number of carboxylic acid groups (broad SMARTS) is 1. The lowest BCUT2D eigenvalue weighted by Crippen LogP contribution is -2.47. The summed E-state index contributed by atoms with van der Waals surface area (Å²) >= 11 is 0. The smallest absolute Gasteiger partial charge is 0.323 e. The van der Waals surface area contributed by atoms with Gasteiger partial charge in [-0.3, -0.25) is 4.79 Å². The van der Waals surface area contributed by atoms with Crippen molar-refractivity contribution in [3.8, 4) is 11.6 Å². The molecular weight excluding hydrogens is 460 g/mol. The van der Waals surface area contributed by atoms with Gasteiger partial charge in [-0.2, -0.15) is 15.1 Å². The third-order valence-corrected chi connectivity index (χ3v) is 6.55. The molecule has 0 amide bonds. The molecule has 5 aromatic rings. The molecule has 2 N–H and O–H groups in total. The number of aromatic hydroxyl groups is 1. The van der Waals surface area contributed by atoms with Gasteiger partial charge in [0.15, 0.2) is 17.0 Å². The van der Waals surface area contributed by atoms with Crippen molar-refractivity contribution in [1.82, 2.24) is 29.3 Å². The molecule has 3 aromatic heterocycles. The van der Waals surface area contributed by atoms with Crippen LogP contribution in [-0.4, -0.2) is 71.7 Å². The average Bonchev–Trinajstić information content (AvgIpc) is 3.49. The highest BCUT2D eigenvalue weighted by Gasteiger charge is 2.24. The third-order valence-electron chi connectivity index (χ3n) is 6.55. The van der Waals surface area contributed by atoms with Gasteiger partial charge in [0, 0.05) is 37.3 Å². The second-order valence-electron chi connectivity index (χ2n) is 8.84. The number of phenolic OH excluding ortho intramolecular Hbond substituents is 1. The highest BCUT2D eigenvalue weighted by molar-refractivity contribution is 5.87. The Morgan fingerprint density at radius 3 is 2.50 bits per heavy atom. The number of fused-ring (bicyclic) bond motifs is 2. The number of anilines is 2. The standard InChI is InChI=1S/C25H24N8O3/c1-16-3-2-4-20-19(16)13-27-33(20)24-22-23(32(15-26-22)14-21(35)36)28-25(29-24)31-11-9-30(10-12-31)17-5-7-18(34)8-6-17/h2-8,13,15,34H,9-12,14H2,1H3,(H,35,36). The average molecular weight is 485 g/mol. The third kappa shape index (κ3) is 3.74. The fraction of sp³-hybridized carbons (Fsp3) is 0.240. The molecule has 0 atom stereocenters. The number of nitrogens with zero attached hydrogens (tertiary/aromatic N) is 8. The van der Waals surface area contributed by atoms with Crippen LogP contribution in [-0.2, 0) is 11.3 Å². The molecule has 0 bridgehead atoms. The number of aliphatic carboxylic acids is 1. The Labute approximate surface area is 205 Å². The topological polar surface area (TPSA) is 125 Å². The van der Waals surface area contributed by atoms with Gasteiger partial charge in [0.05, 0.1) is 18.0 Å². The van der Waals surface area contributed by atoms with E-state index in [0.717, 1.165) is 35.2 Å². The summed E-state index contributed by atoms with van der Waals surface area (Å²) < 4.78 is 3.27. The van der Waals surface area contributed by atoms with Gasteiger partial charge in [-0.15, -0.1) is 0 Å². The normalized spacial score (nSPS) is 14.1. The van der Waals surface area contributed by atoms with E-state index in [1.54, 1.807) is 16.8 Å². The molecule has 1 aliphatic rings. The van der Waals surface area contributed by atoms with Crippen molar-refractivity contribution in [2.75, 3.05) is 36.0 Å². The summed E-state index contributed by atoms with van der Waals surface area (Å²) in [4.78, 5) is 29.9. The van der Waals surface area contributed by atoms with Gasteiger partial charge < -0.3 is 24.6 Å². The van der Waals surface area contributed by atoms with Gasteiger partial charge >= 0.3 is 5.97 Å². The zero-order valence-electron chi connectivity index (χ0n) is 19.6. The second-order valence-corrected chi connectivity index (χ2v) is 8.84. The Kier molecular flexibility index (Phi) is 5.17. The molecule has 2 aromatic carbocycles. The Morgan fingerprint density at radius 1 is 1.00 bits per heavy atom. The Hall–Kier alpha value is -4.67. The van der Waals surface area contributed by atoms with E-state index in [1.807, 2.05) is 43.5 Å². The van der Waals surface area contributed by atoms with Gasteiger partial charge in [0.2, 0.25) is 5.95 Å². The SMILES string of the molecule is Cc1cccc2c1cnn2-c1nc(N2CCN(c3ccc(O)cc3)CC2)nc2c1ncn2CC(=O)O. The molecule has 36 heavy (non-hydrogen) atoms. The molecule has 0 saturated carbocycles.